The molecular weight excluding hydrogens is 216 g/mol. The van der Waals surface area contributed by atoms with Gasteiger partial charge < -0.3 is 9.55 Å². The molecule has 1 aliphatic carbocycles. The maximum Gasteiger partial charge on any atom is 0.177 e. The predicted molar refractivity (Wildman–Crippen MR) is 70.3 cm³/mol. The van der Waals surface area contributed by atoms with Gasteiger partial charge in [-0.25, -0.2) is 0 Å². The molecule has 1 heterocycles. The summed E-state index contributed by atoms with van der Waals surface area (Å²) in [6, 6.07) is 0. The van der Waals surface area contributed by atoms with Crippen molar-refractivity contribution < 1.29 is 0 Å². The van der Waals surface area contributed by atoms with E-state index in [2.05, 4.69) is 36.5 Å². The summed E-state index contributed by atoms with van der Waals surface area (Å²) in [5.41, 5.74) is 1.81. The van der Waals surface area contributed by atoms with Crippen molar-refractivity contribution in [2.75, 3.05) is 0 Å². The van der Waals surface area contributed by atoms with Crippen LogP contribution < -0.4 is 0 Å². The summed E-state index contributed by atoms with van der Waals surface area (Å²) in [6.45, 7) is 7.94. The second-order valence-electron chi connectivity index (χ2n) is 5.78. The van der Waals surface area contributed by atoms with E-state index in [9.17, 15) is 0 Å². The molecule has 2 nitrogen and oxygen atoms in total. The first-order chi connectivity index (χ1) is 7.52. The van der Waals surface area contributed by atoms with Gasteiger partial charge in [0.25, 0.3) is 0 Å². The van der Waals surface area contributed by atoms with Crippen LogP contribution in [0.4, 0.5) is 0 Å². The van der Waals surface area contributed by atoms with Crippen molar-refractivity contribution in [2.24, 2.45) is 5.41 Å². The smallest absolute Gasteiger partial charge is 0.177 e. The molecule has 2 rings (SSSR count). The fourth-order valence-electron chi connectivity index (χ4n) is 2.82. The van der Waals surface area contributed by atoms with E-state index < -0.39 is 0 Å². The van der Waals surface area contributed by atoms with Crippen molar-refractivity contribution >= 4 is 12.2 Å². The molecule has 0 amide bonds. The van der Waals surface area contributed by atoms with Crippen LogP contribution in [-0.2, 0) is 6.54 Å². The SMILES string of the molecule is CC(C)c1c[nH]c(=S)n1CC1(C)CCCC1. The highest BCUT2D eigenvalue weighted by Gasteiger charge is 2.30. The monoisotopic (exact) mass is 238 g/mol. The summed E-state index contributed by atoms with van der Waals surface area (Å²) in [7, 11) is 0. The standard InChI is InChI=1S/C13H22N2S/c1-10(2)11-8-14-12(16)15(11)9-13(3)6-4-5-7-13/h8,10H,4-7,9H2,1-3H3,(H,14,16). The maximum absolute atomic E-state index is 5.38. The first kappa shape index (κ1) is 11.9. The van der Waals surface area contributed by atoms with Crippen LogP contribution in [0.2, 0.25) is 0 Å². The lowest BCUT2D eigenvalue weighted by molar-refractivity contribution is 0.275. The Labute approximate surface area is 103 Å². The van der Waals surface area contributed by atoms with E-state index in [0.29, 0.717) is 11.3 Å². The summed E-state index contributed by atoms with van der Waals surface area (Å²) in [5, 5.41) is 0. The molecule has 1 saturated carbocycles. The second-order valence-corrected chi connectivity index (χ2v) is 6.16. The zero-order valence-electron chi connectivity index (χ0n) is 10.5. The Balaban J connectivity index is 2.26. The highest BCUT2D eigenvalue weighted by Crippen LogP contribution is 2.39. The molecule has 1 aromatic rings. The van der Waals surface area contributed by atoms with Crippen LogP contribution in [0.15, 0.2) is 6.20 Å². The summed E-state index contributed by atoms with van der Waals surface area (Å²) in [5.74, 6) is 0.540. The number of rotatable bonds is 3. The molecule has 1 N–H and O–H groups in total. The van der Waals surface area contributed by atoms with Crippen LogP contribution >= 0.6 is 12.2 Å². The zero-order valence-corrected chi connectivity index (χ0v) is 11.4. The Bertz CT molecular complexity index is 408. The van der Waals surface area contributed by atoms with E-state index in [1.165, 1.54) is 31.4 Å². The van der Waals surface area contributed by atoms with E-state index in [1.807, 2.05) is 0 Å². The van der Waals surface area contributed by atoms with Crippen molar-refractivity contribution in [2.45, 2.75) is 58.9 Å². The number of nitrogens with zero attached hydrogens (tertiary/aromatic N) is 1. The van der Waals surface area contributed by atoms with Gasteiger partial charge in [0.1, 0.15) is 0 Å². The summed E-state index contributed by atoms with van der Waals surface area (Å²) >= 11 is 5.38. The summed E-state index contributed by atoms with van der Waals surface area (Å²) in [4.78, 5) is 3.19. The lowest BCUT2D eigenvalue weighted by atomic mass is 9.88. The van der Waals surface area contributed by atoms with Crippen molar-refractivity contribution in [1.29, 1.82) is 0 Å². The molecule has 0 radical (unpaired) electrons. The molecule has 16 heavy (non-hydrogen) atoms. The van der Waals surface area contributed by atoms with Crippen molar-refractivity contribution in [3.05, 3.63) is 16.7 Å². The minimum absolute atomic E-state index is 0.462. The lowest BCUT2D eigenvalue weighted by Crippen LogP contribution is -2.21. The Morgan fingerprint density at radius 2 is 2.06 bits per heavy atom. The molecule has 0 bridgehead atoms. The van der Waals surface area contributed by atoms with Gasteiger partial charge in [-0.1, -0.05) is 33.6 Å². The van der Waals surface area contributed by atoms with E-state index in [1.54, 1.807) is 0 Å². The molecule has 0 aromatic carbocycles. The number of hydrogen-bond acceptors (Lipinski definition) is 1. The van der Waals surface area contributed by atoms with E-state index >= 15 is 0 Å². The molecule has 0 spiro atoms. The van der Waals surface area contributed by atoms with Gasteiger partial charge in [-0.05, 0) is 36.4 Å². The molecule has 3 heteroatoms. The van der Waals surface area contributed by atoms with E-state index in [-0.39, 0.29) is 0 Å². The van der Waals surface area contributed by atoms with Crippen molar-refractivity contribution in [1.82, 2.24) is 9.55 Å². The molecule has 0 unspecified atom stereocenters. The normalized spacial score (nSPS) is 19.5. The number of imidazole rings is 1. The minimum atomic E-state index is 0.462. The van der Waals surface area contributed by atoms with Crippen LogP contribution in [0, 0.1) is 10.2 Å². The zero-order chi connectivity index (χ0) is 11.8. The number of aromatic nitrogens is 2. The Morgan fingerprint density at radius 3 is 2.62 bits per heavy atom. The number of aromatic amines is 1. The topological polar surface area (TPSA) is 20.7 Å². The highest BCUT2D eigenvalue weighted by atomic mass is 32.1. The molecular formula is C13H22N2S. The minimum Gasteiger partial charge on any atom is -0.337 e. The third kappa shape index (κ3) is 2.24. The molecule has 0 atom stereocenters. The highest BCUT2D eigenvalue weighted by molar-refractivity contribution is 7.71. The first-order valence-electron chi connectivity index (χ1n) is 6.30. The van der Waals surface area contributed by atoms with E-state index in [4.69, 9.17) is 12.2 Å². The van der Waals surface area contributed by atoms with Gasteiger partial charge in [-0.2, -0.15) is 0 Å². The van der Waals surface area contributed by atoms with Gasteiger partial charge in [0.15, 0.2) is 4.77 Å². The average molecular weight is 238 g/mol. The predicted octanol–water partition coefficient (Wildman–Crippen LogP) is 4.25. The quantitative estimate of drug-likeness (QED) is 0.781. The van der Waals surface area contributed by atoms with Gasteiger partial charge in [-0.3, -0.25) is 0 Å². The molecule has 1 aliphatic rings. The van der Waals surface area contributed by atoms with Crippen LogP contribution in [0.5, 0.6) is 0 Å². The summed E-state index contributed by atoms with van der Waals surface area (Å²) in [6.07, 6.45) is 7.52. The Morgan fingerprint density at radius 1 is 1.44 bits per heavy atom. The Kier molecular flexibility index (Phi) is 3.24. The van der Waals surface area contributed by atoms with Crippen LogP contribution in [0.25, 0.3) is 0 Å². The van der Waals surface area contributed by atoms with Crippen molar-refractivity contribution in [3.8, 4) is 0 Å². The maximum atomic E-state index is 5.38. The number of hydrogen-bond donors (Lipinski definition) is 1. The van der Waals surface area contributed by atoms with Crippen LogP contribution in [0.3, 0.4) is 0 Å². The van der Waals surface area contributed by atoms with Gasteiger partial charge in [0.2, 0.25) is 0 Å². The van der Waals surface area contributed by atoms with Gasteiger partial charge in [0, 0.05) is 18.4 Å². The number of H-pyrrole nitrogens is 1. The molecule has 0 aliphatic heterocycles. The fraction of sp³-hybridized carbons (Fsp3) is 0.769. The van der Waals surface area contributed by atoms with Crippen LogP contribution in [0.1, 0.15) is 58.1 Å². The molecule has 90 valence electrons. The second kappa shape index (κ2) is 4.36. The molecule has 0 saturated heterocycles. The molecule has 1 fully saturated rings. The Hall–Kier alpha value is -0.570. The first-order valence-corrected chi connectivity index (χ1v) is 6.71. The van der Waals surface area contributed by atoms with Crippen LogP contribution in [-0.4, -0.2) is 9.55 Å². The largest absolute Gasteiger partial charge is 0.337 e. The fourth-order valence-corrected chi connectivity index (χ4v) is 3.05. The lowest BCUT2D eigenvalue weighted by Gasteiger charge is -2.25. The third-order valence-electron chi connectivity index (χ3n) is 3.84. The van der Waals surface area contributed by atoms with Gasteiger partial charge in [-0.15, -0.1) is 0 Å². The molecule has 1 aromatic heterocycles. The van der Waals surface area contributed by atoms with E-state index in [0.717, 1.165) is 11.3 Å². The number of nitrogens with one attached hydrogen (secondary N) is 1. The third-order valence-corrected chi connectivity index (χ3v) is 4.18. The van der Waals surface area contributed by atoms with Gasteiger partial charge in [0.05, 0.1) is 0 Å². The van der Waals surface area contributed by atoms with Gasteiger partial charge >= 0.3 is 0 Å². The summed E-state index contributed by atoms with van der Waals surface area (Å²) < 4.78 is 3.20. The average Bonchev–Trinajstić information content (AvgIpc) is 2.76. The van der Waals surface area contributed by atoms with Crippen molar-refractivity contribution in [3.63, 3.8) is 0 Å².